The van der Waals surface area contributed by atoms with Gasteiger partial charge in [0.1, 0.15) is 12.3 Å². The van der Waals surface area contributed by atoms with Crippen LogP contribution >= 0.6 is 0 Å². The fourth-order valence-electron chi connectivity index (χ4n) is 3.03. The van der Waals surface area contributed by atoms with Crippen molar-refractivity contribution in [3.63, 3.8) is 0 Å². The summed E-state index contributed by atoms with van der Waals surface area (Å²) >= 11 is 0. The molecule has 0 aliphatic carbocycles. The van der Waals surface area contributed by atoms with Crippen LogP contribution in [0.2, 0.25) is 0 Å². The van der Waals surface area contributed by atoms with Gasteiger partial charge in [0.05, 0.1) is 17.8 Å². The minimum atomic E-state index is -0.264. The van der Waals surface area contributed by atoms with Gasteiger partial charge < -0.3 is 4.74 Å². The molecule has 0 bridgehead atoms. The first-order valence-corrected chi connectivity index (χ1v) is 9.22. The van der Waals surface area contributed by atoms with Crippen LogP contribution in [0.1, 0.15) is 36.5 Å². The highest BCUT2D eigenvalue weighted by molar-refractivity contribution is 5.73. The molecule has 0 aliphatic heterocycles. The molecule has 0 unspecified atom stereocenters. The average molecular weight is 366 g/mol. The van der Waals surface area contributed by atoms with Crippen molar-refractivity contribution in [2.24, 2.45) is 5.92 Å². The fraction of sp³-hybridized carbons (Fsp3) is 0.381. The molecule has 0 atom stereocenters. The Balaban J connectivity index is 1.59. The maximum atomic E-state index is 12.3. The first-order chi connectivity index (χ1) is 12.9. The van der Waals surface area contributed by atoms with Crippen molar-refractivity contribution in [1.29, 1.82) is 0 Å². The van der Waals surface area contributed by atoms with Gasteiger partial charge in [0.15, 0.2) is 0 Å². The summed E-state index contributed by atoms with van der Waals surface area (Å²) in [6.07, 6.45) is 2.10. The van der Waals surface area contributed by atoms with Gasteiger partial charge in [0.2, 0.25) is 0 Å². The number of hydrogen-bond donors (Lipinski definition) is 0. The Kier molecular flexibility index (Phi) is 5.74. The van der Waals surface area contributed by atoms with Crippen molar-refractivity contribution in [3.8, 4) is 5.69 Å². The van der Waals surface area contributed by atoms with Gasteiger partial charge in [-0.3, -0.25) is 9.48 Å². The molecule has 0 radical (unpaired) electrons. The molecule has 0 spiro atoms. The Morgan fingerprint density at radius 1 is 1.11 bits per heavy atom. The lowest BCUT2D eigenvalue weighted by Crippen LogP contribution is -2.11. The molecule has 6 heteroatoms. The second-order valence-electron chi connectivity index (χ2n) is 7.15. The third kappa shape index (κ3) is 4.64. The number of carbonyl (C=O) groups excluding carboxylic acids is 1. The molecule has 0 saturated carbocycles. The number of para-hydroxylation sites is 1. The summed E-state index contributed by atoms with van der Waals surface area (Å²) < 4.78 is 9.18. The number of benzene rings is 1. The van der Waals surface area contributed by atoms with Gasteiger partial charge in [-0.1, -0.05) is 32.0 Å². The van der Waals surface area contributed by atoms with E-state index in [0.717, 1.165) is 34.9 Å². The predicted molar refractivity (Wildman–Crippen MR) is 104 cm³/mol. The van der Waals surface area contributed by atoms with E-state index in [1.807, 2.05) is 61.1 Å². The van der Waals surface area contributed by atoms with Gasteiger partial charge in [-0.15, -0.1) is 0 Å². The number of nitrogens with zero attached hydrogens (tertiary/aromatic N) is 4. The van der Waals surface area contributed by atoms with Gasteiger partial charge >= 0.3 is 5.97 Å². The molecule has 2 aromatic heterocycles. The largest absolute Gasteiger partial charge is 0.459 e. The van der Waals surface area contributed by atoms with E-state index in [4.69, 9.17) is 4.74 Å². The number of hydrogen-bond acceptors (Lipinski definition) is 4. The Bertz CT molecular complexity index is 910. The van der Waals surface area contributed by atoms with Crippen molar-refractivity contribution in [2.45, 2.75) is 47.3 Å². The highest BCUT2D eigenvalue weighted by Gasteiger charge is 2.16. The highest BCUT2D eigenvalue weighted by Crippen LogP contribution is 2.16. The highest BCUT2D eigenvalue weighted by atomic mass is 16.5. The smallest absolute Gasteiger partial charge is 0.310 e. The molecular formula is C21H26N4O2. The summed E-state index contributed by atoms with van der Waals surface area (Å²) in [5.74, 6) is 0.238. The standard InChI is InChI=1S/C21H26N4O2/c1-15(2)13-25-17(4)20(16(3)22-25)12-21(26)27-14-18-10-11-24(23-18)19-8-6-5-7-9-19/h5-11,15H,12-14H2,1-4H3. The summed E-state index contributed by atoms with van der Waals surface area (Å²) in [6, 6.07) is 11.7. The van der Waals surface area contributed by atoms with Crippen LogP contribution in [0, 0.1) is 19.8 Å². The number of esters is 1. The normalized spacial score (nSPS) is 11.1. The number of aryl methyl sites for hydroxylation is 1. The Morgan fingerprint density at radius 3 is 2.56 bits per heavy atom. The van der Waals surface area contributed by atoms with Crippen molar-refractivity contribution in [3.05, 3.63) is 65.2 Å². The van der Waals surface area contributed by atoms with Crippen LogP contribution in [-0.4, -0.2) is 25.5 Å². The van der Waals surface area contributed by atoms with Crippen LogP contribution in [0.25, 0.3) is 5.69 Å². The first kappa shape index (κ1) is 18.9. The van der Waals surface area contributed by atoms with E-state index in [1.54, 1.807) is 4.68 Å². The van der Waals surface area contributed by atoms with E-state index in [9.17, 15) is 4.79 Å². The minimum absolute atomic E-state index is 0.164. The zero-order chi connectivity index (χ0) is 19.4. The topological polar surface area (TPSA) is 61.9 Å². The second kappa shape index (κ2) is 8.20. The predicted octanol–water partition coefficient (Wildman–Crippen LogP) is 3.63. The van der Waals surface area contributed by atoms with Crippen molar-refractivity contribution in [2.75, 3.05) is 0 Å². The molecule has 0 N–H and O–H groups in total. The minimum Gasteiger partial charge on any atom is -0.459 e. The molecule has 6 nitrogen and oxygen atoms in total. The lowest BCUT2D eigenvalue weighted by molar-refractivity contribution is -0.144. The SMILES string of the molecule is Cc1nn(CC(C)C)c(C)c1CC(=O)OCc1ccn(-c2ccccc2)n1. The zero-order valence-corrected chi connectivity index (χ0v) is 16.3. The quantitative estimate of drug-likeness (QED) is 0.599. The Morgan fingerprint density at radius 2 is 1.85 bits per heavy atom. The number of rotatable bonds is 7. The molecule has 3 rings (SSSR count). The van der Waals surface area contributed by atoms with Gasteiger partial charge in [0.25, 0.3) is 0 Å². The van der Waals surface area contributed by atoms with Crippen LogP contribution in [0.15, 0.2) is 42.6 Å². The van der Waals surface area contributed by atoms with E-state index in [1.165, 1.54) is 0 Å². The van der Waals surface area contributed by atoms with Gasteiger partial charge in [-0.2, -0.15) is 10.2 Å². The van der Waals surface area contributed by atoms with Crippen LogP contribution in [0.4, 0.5) is 0 Å². The van der Waals surface area contributed by atoms with Gasteiger partial charge in [-0.05, 0) is 38.0 Å². The van der Waals surface area contributed by atoms with Crippen LogP contribution < -0.4 is 0 Å². The maximum absolute atomic E-state index is 12.3. The molecule has 3 aromatic rings. The average Bonchev–Trinajstić information content (AvgIpc) is 3.21. The van der Waals surface area contributed by atoms with Gasteiger partial charge in [-0.25, -0.2) is 4.68 Å². The lowest BCUT2D eigenvalue weighted by Gasteiger charge is -2.08. The van der Waals surface area contributed by atoms with E-state index in [-0.39, 0.29) is 19.0 Å². The van der Waals surface area contributed by atoms with Crippen molar-refractivity contribution in [1.82, 2.24) is 19.6 Å². The molecule has 0 saturated heterocycles. The second-order valence-corrected chi connectivity index (χ2v) is 7.15. The maximum Gasteiger partial charge on any atom is 0.310 e. The van der Waals surface area contributed by atoms with E-state index < -0.39 is 0 Å². The third-order valence-electron chi connectivity index (χ3n) is 4.44. The summed E-state index contributed by atoms with van der Waals surface area (Å²) in [7, 11) is 0. The molecule has 0 amide bonds. The third-order valence-corrected chi connectivity index (χ3v) is 4.44. The lowest BCUT2D eigenvalue weighted by atomic mass is 10.1. The molecule has 2 heterocycles. The van der Waals surface area contributed by atoms with Crippen LogP contribution in [0.5, 0.6) is 0 Å². The van der Waals surface area contributed by atoms with E-state index in [0.29, 0.717) is 5.92 Å². The first-order valence-electron chi connectivity index (χ1n) is 9.22. The van der Waals surface area contributed by atoms with E-state index >= 15 is 0 Å². The van der Waals surface area contributed by atoms with Crippen molar-refractivity contribution >= 4 is 5.97 Å². The Labute approximate surface area is 159 Å². The van der Waals surface area contributed by atoms with Gasteiger partial charge in [0, 0.05) is 24.0 Å². The molecule has 0 fully saturated rings. The molecule has 1 aromatic carbocycles. The Hall–Kier alpha value is -2.89. The number of ether oxygens (including phenoxy) is 1. The van der Waals surface area contributed by atoms with Crippen LogP contribution in [-0.2, 0) is 29.1 Å². The molecular weight excluding hydrogens is 340 g/mol. The molecule has 142 valence electrons. The molecule has 27 heavy (non-hydrogen) atoms. The summed E-state index contributed by atoms with van der Waals surface area (Å²) in [5, 5.41) is 9.01. The zero-order valence-electron chi connectivity index (χ0n) is 16.3. The van der Waals surface area contributed by atoms with Crippen molar-refractivity contribution < 1.29 is 9.53 Å². The number of aromatic nitrogens is 4. The van der Waals surface area contributed by atoms with Crippen LogP contribution in [0.3, 0.4) is 0 Å². The molecule has 0 aliphatic rings. The summed E-state index contributed by atoms with van der Waals surface area (Å²) in [5.41, 5.74) is 4.57. The summed E-state index contributed by atoms with van der Waals surface area (Å²) in [4.78, 5) is 12.3. The monoisotopic (exact) mass is 366 g/mol. The fourth-order valence-corrected chi connectivity index (χ4v) is 3.03. The van der Waals surface area contributed by atoms with E-state index in [2.05, 4.69) is 24.0 Å². The number of carbonyl (C=O) groups is 1. The summed E-state index contributed by atoms with van der Waals surface area (Å²) in [6.45, 7) is 9.26.